The topological polar surface area (TPSA) is 20.2 Å². The molecule has 0 saturated carbocycles. The average molecular weight is 260 g/mol. The first-order chi connectivity index (χ1) is 8.84. The van der Waals surface area contributed by atoms with Crippen LogP contribution in [0.5, 0.6) is 0 Å². The van der Waals surface area contributed by atoms with Crippen LogP contribution in [0.25, 0.3) is 0 Å². The third-order valence-corrected chi connectivity index (χ3v) is 3.92. The van der Waals surface area contributed by atoms with Gasteiger partial charge in [-0.2, -0.15) is 11.3 Å². The van der Waals surface area contributed by atoms with Crippen LogP contribution in [-0.4, -0.2) is 11.2 Å². The second-order valence-corrected chi connectivity index (χ2v) is 5.48. The fourth-order valence-corrected chi connectivity index (χ4v) is 2.80. The first kappa shape index (κ1) is 13.3. The number of aliphatic hydroxyl groups excluding tert-OH is 1. The predicted molar refractivity (Wildman–Crippen MR) is 78.0 cm³/mol. The second-order valence-electron chi connectivity index (χ2n) is 4.70. The van der Waals surface area contributed by atoms with Crippen LogP contribution >= 0.6 is 11.3 Å². The normalized spacial score (nSPS) is 12.5. The van der Waals surface area contributed by atoms with Crippen LogP contribution in [-0.2, 0) is 12.8 Å². The summed E-state index contributed by atoms with van der Waals surface area (Å²) in [5.74, 6) is 0. The van der Waals surface area contributed by atoms with E-state index in [1.165, 1.54) is 11.1 Å². The molecule has 0 amide bonds. The smallest absolute Gasteiger partial charge is 0.0543 e. The molecule has 1 N–H and O–H groups in total. The standard InChI is InChI=1S/C16H20OS/c17-16(10-9-15-11-12-18-13-15)8-4-7-14-5-2-1-3-6-14/h1-3,5-6,11-13,16-17H,4,7-10H2. The van der Waals surface area contributed by atoms with Gasteiger partial charge in [0.2, 0.25) is 0 Å². The lowest BCUT2D eigenvalue weighted by atomic mass is 10.0. The summed E-state index contributed by atoms with van der Waals surface area (Å²) in [5, 5.41) is 14.2. The Morgan fingerprint density at radius 2 is 1.78 bits per heavy atom. The Labute approximate surface area is 113 Å². The van der Waals surface area contributed by atoms with Crippen LogP contribution in [0, 0.1) is 0 Å². The fourth-order valence-electron chi connectivity index (χ4n) is 2.10. The molecule has 96 valence electrons. The molecule has 0 aliphatic heterocycles. The number of benzene rings is 1. The molecule has 2 aromatic rings. The maximum atomic E-state index is 9.93. The van der Waals surface area contributed by atoms with E-state index in [9.17, 15) is 5.11 Å². The number of aliphatic hydroxyl groups is 1. The monoisotopic (exact) mass is 260 g/mol. The third kappa shape index (κ3) is 4.63. The van der Waals surface area contributed by atoms with Crippen molar-refractivity contribution in [2.24, 2.45) is 0 Å². The minimum absolute atomic E-state index is 0.159. The summed E-state index contributed by atoms with van der Waals surface area (Å²) in [6, 6.07) is 12.6. The molecule has 1 nitrogen and oxygen atoms in total. The molecule has 1 unspecified atom stereocenters. The largest absolute Gasteiger partial charge is 0.393 e. The van der Waals surface area contributed by atoms with E-state index in [4.69, 9.17) is 0 Å². The minimum atomic E-state index is -0.159. The van der Waals surface area contributed by atoms with E-state index in [0.29, 0.717) is 0 Å². The van der Waals surface area contributed by atoms with Crippen LogP contribution in [0.4, 0.5) is 0 Å². The van der Waals surface area contributed by atoms with Gasteiger partial charge in [-0.1, -0.05) is 30.3 Å². The molecular formula is C16H20OS. The van der Waals surface area contributed by atoms with Gasteiger partial charge < -0.3 is 5.11 Å². The number of rotatable bonds is 7. The van der Waals surface area contributed by atoms with Crippen molar-refractivity contribution in [1.29, 1.82) is 0 Å². The van der Waals surface area contributed by atoms with Gasteiger partial charge in [-0.25, -0.2) is 0 Å². The highest BCUT2D eigenvalue weighted by atomic mass is 32.1. The van der Waals surface area contributed by atoms with Gasteiger partial charge in [-0.05, 0) is 60.1 Å². The highest BCUT2D eigenvalue weighted by molar-refractivity contribution is 7.07. The first-order valence-electron chi connectivity index (χ1n) is 6.57. The van der Waals surface area contributed by atoms with Gasteiger partial charge in [-0.3, -0.25) is 0 Å². The van der Waals surface area contributed by atoms with Gasteiger partial charge in [0.25, 0.3) is 0 Å². The van der Waals surface area contributed by atoms with Crippen LogP contribution in [0.1, 0.15) is 30.4 Å². The zero-order valence-electron chi connectivity index (χ0n) is 10.6. The van der Waals surface area contributed by atoms with Crippen LogP contribution in [0.3, 0.4) is 0 Å². The predicted octanol–water partition coefficient (Wildman–Crippen LogP) is 4.06. The lowest BCUT2D eigenvalue weighted by molar-refractivity contribution is 0.152. The van der Waals surface area contributed by atoms with Crippen molar-refractivity contribution in [2.75, 3.05) is 0 Å². The Hall–Kier alpha value is -1.12. The van der Waals surface area contributed by atoms with Gasteiger partial charge in [0.15, 0.2) is 0 Å². The molecule has 0 aliphatic carbocycles. The Bertz CT molecular complexity index is 422. The lowest BCUT2D eigenvalue weighted by Gasteiger charge is -2.09. The molecule has 0 saturated heterocycles. The van der Waals surface area contributed by atoms with E-state index < -0.39 is 0 Å². The zero-order valence-corrected chi connectivity index (χ0v) is 11.4. The van der Waals surface area contributed by atoms with Gasteiger partial charge in [0.1, 0.15) is 0 Å². The Balaban J connectivity index is 1.61. The average Bonchev–Trinajstić information content (AvgIpc) is 2.91. The quantitative estimate of drug-likeness (QED) is 0.796. The Morgan fingerprint density at radius 3 is 2.50 bits per heavy atom. The maximum absolute atomic E-state index is 9.93. The summed E-state index contributed by atoms with van der Waals surface area (Å²) in [7, 11) is 0. The SMILES string of the molecule is OC(CCCc1ccccc1)CCc1ccsc1. The van der Waals surface area contributed by atoms with Crippen molar-refractivity contribution in [1.82, 2.24) is 0 Å². The van der Waals surface area contributed by atoms with Crippen molar-refractivity contribution >= 4 is 11.3 Å². The molecule has 1 aromatic carbocycles. The highest BCUT2D eigenvalue weighted by Gasteiger charge is 2.05. The molecule has 0 fully saturated rings. The van der Waals surface area contributed by atoms with Gasteiger partial charge in [-0.15, -0.1) is 0 Å². The van der Waals surface area contributed by atoms with Gasteiger partial charge in [0.05, 0.1) is 6.10 Å². The Morgan fingerprint density at radius 1 is 0.944 bits per heavy atom. The molecule has 0 bridgehead atoms. The number of hydrogen-bond donors (Lipinski definition) is 1. The van der Waals surface area contributed by atoms with E-state index in [2.05, 4.69) is 41.1 Å². The summed E-state index contributed by atoms with van der Waals surface area (Å²) in [6.07, 6.45) is 4.75. The molecule has 1 aromatic heterocycles. The number of hydrogen-bond acceptors (Lipinski definition) is 2. The van der Waals surface area contributed by atoms with E-state index in [0.717, 1.165) is 32.1 Å². The molecule has 2 heteroatoms. The van der Waals surface area contributed by atoms with Crippen LogP contribution in [0.2, 0.25) is 0 Å². The molecule has 1 heterocycles. The van der Waals surface area contributed by atoms with E-state index >= 15 is 0 Å². The van der Waals surface area contributed by atoms with Crippen molar-refractivity contribution in [2.45, 2.75) is 38.2 Å². The first-order valence-corrected chi connectivity index (χ1v) is 7.52. The summed E-state index contributed by atoms with van der Waals surface area (Å²) < 4.78 is 0. The van der Waals surface area contributed by atoms with Crippen LogP contribution in [0.15, 0.2) is 47.2 Å². The van der Waals surface area contributed by atoms with E-state index in [-0.39, 0.29) is 6.10 Å². The third-order valence-electron chi connectivity index (χ3n) is 3.19. The Kier molecular flexibility index (Phi) is 5.43. The highest BCUT2D eigenvalue weighted by Crippen LogP contribution is 2.13. The van der Waals surface area contributed by atoms with Crippen molar-refractivity contribution in [3.05, 3.63) is 58.3 Å². The summed E-state index contributed by atoms with van der Waals surface area (Å²) in [6.45, 7) is 0. The second kappa shape index (κ2) is 7.34. The molecule has 18 heavy (non-hydrogen) atoms. The molecule has 0 spiro atoms. The van der Waals surface area contributed by atoms with Crippen molar-refractivity contribution in [3.63, 3.8) is 0 Å². The van der Waals surface area contributed by atoms with Crippen LogP contribution < -0.4 is 0 Å². The molecule has 0 aliphatic rings. The van der Waals surface area contributed by atoms with Gasteiger partial charge in [0, 0.05) is 0 Å². The summed E-state index contributed by atoms with van der Waals surface area (Å²) in [5.41, 5.74) is 2.71. The zero-order chi connectivity index (χ0) is 12.6. The van der Waals surface area contributed by atoms with Crippen molar-refractivity contribution < 1.29 is 5.11 Å². The summed E-state index contributed by atoms with van der Waals surface area (Å²) >= 11 is 1.72. The lowest BCUT2D eigenvalue weighted by Crippen LogP contribution is -2.08. The molecule has 2 rings (SSSR count). The number of aryl methyl sites for hydroxylation is 2. The summed E-state index contributed by atoms with van der Waals surface area (Å²) in [4.78, 5) is 0. The van der Waals surface area contributed by atoms with E-state index in [1.54, 1.807) is 11.3 Å². The fraction of sp³-hybridized carbons (Fsp3) is 0.375. The van der Waals surface area contributed by atoms with Gasteiger partial charge >= 0.3 is 0 Å². The molecular weight excluding hydrogens is 240 g/mol. The molecule has 1 atom stereocenters. The maximum Gasteiger partial charge on any atom is 0.0543 e. The number of thiophene rings is 1. The molecule has 0 radical (unpaired) electrons. The van der Waals surface area contributed by atoms with Crippen molar-refractivity contribution in [3.8, 4) is 0 Å². The minimum Gasteiger partial charge on any atom is -0.393 e. The van der Waals surface area contributed by atoms with E-state index in [1.807, 2.05) is 6.07 Å².